The van der Waals surface area contributed by atoms with E-state index in [1.165, 1.54) is 0 Å². The third-order valence-corrected chi connectivity index (χ3v) is 6.57. The molecule has 0 saturated carbocycles. The Morgan fingerprint density at radius 1 is 0.548 bits per heavy atom. The Bertz CT molecular complexity index is 1200. The number of rotatable bonds is 5. The van der Waals surface area contributed by atoms with Gasteiger partial charge in [0.25, 0.3) is 0 Å². The third-order valence-electron chi connectivity index (χ3n) is 6.57. The molecule has 158 valence electrons. The van der Waals surface area contributed by atoms with Gasteiger partial charge in [0.05, 0.1) is 26.4 Å². The van der Waals surface area contributed by atoms with Crippen molar-refractivity contribution in [3.8, 4) is 0 Å². The van der Waals surface area contributed by atoms with Gasteiger partial charge in [-0.1, -0.05) is 66.7 Å². The normalized spacial score (nSPS) is 17.7. The number of aliphatic hydroxyl groups excluding tert-OH is 4. The van der Waals surface area contributed by atoms with Crippen molar-refractivity contribution in [1.82, 2.24) is 0 Å². The van der Waals surface area contributed by atoms with E-state index in [-0.39, 0.29) is 0 Å². The molecule has 0 amide bonds. The van der Waals surface area contributed by atoms with Gasteiger partial charge >= 0.3 is 7.12 Å². The summed E-state index contributed by atoms with van der Waals surface area (Å²) in [6.45, 7) is -2.46. The van der Waals surface area contributed by atoms with Gasteiger partial charge in [0.1, 0.15) is 11.2 Å². The standard InChI is InChI=1S/C24H23BO6/c26-12-23(13-27)24(14-28,15-29)31-25(30-23)21-11-5-10-20-18-7-2-1-6-16(18)17-8-3-4-9-19(17)22(20)21/h1-11,26-29H,12-15H2. The first-order valence-corrected chi connectivity index (χ1v) is 10.2. The van der Waals surface area contributed by atoms with Gasteiger partial charge in [-0.25, -0.2) is 0 Å². The maximum Gasteiger partial charge on any atom is 0.495 e. The first-order valence-electron chi connectivity index (χ1n) is 10.2. The Hall–Kier alpha value is -2.52. The van der Waals surface area contributed by atoms with Crippen LogP contribution in [-0.2, 0) is 9.31 Å². The molecule has 0 aromatic heterocycles. The molecule has 6 nitrogen and oxygen atoms in total. The molecule has 0 radical (unpaired) electrons. The summed E-state index contributed by atoms with van der Waals surface area (Å²) in [5.74, 6) is 0. The van der Waals surface area contributed by atoms with Gasteiger partial charge in [-0.2, -0.15) is 0 Å². The molecule has 0 aliphatic carbocycles. The van der Waals surface area contributed by atoms with Crippen LogP contribution in [0.4, 0.5) is 0 Å². The second-order valence-corrected chi connectivity index (χ2v) is 8.05. The Balaban J connectivity index is 1.81. The van der Waals surface area contributed by atoms with Crippen molar-refractivity contribution in [1.29, 1.82) is 0 Å². The Morgan fingerprint density at radius 2 is 0.935 bits per heavy atom. The summed E-state index contributed by atoms with van der Waals surface area (Å²) in [4.78, 5) is 0. The van der Waals surface area contributed by atoms with Crippen molar-refractivity contribution in [3.05, 3.63) is 66.7 Å². The predicted molar refractivity (Wildman–Crippen MR) is 120 cm³/mol. The lowest BCUT2D eigenvalue weighted by Crippen LogP contribution is -2.61. The highest BCUT2D eigenvalue weighted by Gasteiger charge is 2.62. The highest BCUT2D eigenvalue weighted by atomic mass is 16.7. The zero-order valence-electron chi connectivity index (χ0n) is 16.9. The SMILES string of the molecule is OCC1(CO)OB(c2cccc3c4ccccc4c4ccccc4c23)OC1(CO)CO. The third kappa shape index (κ3) is 2.76. The van der Waals surface area contributed by atoms with E-state index in [0.29, 0.717) is 5.46 Å². The van der Waals surface area contributed by atoms with Gasteiger partial charge in [-0.3, -0.25) is 0 Å². The zero-order valence-corrected chi connectivity index (χ0v) is 16.9. The fourth-order valence-corrected chi connectivity index (χ4v) is 4.78. The minimum Gasteiger partial charge on any atom is -0.394 e. The van der Waals surface area contributed by atoms with E-state index in [1.54, 1.807) is 0 Å². The van der Waals surface area contributed by atoms with Crippen molar-refractivity contribution in [2.75, 3.05) is 26.4 Å². The van der Waals surface area contributed by atoms with Crippen molar-refractivity contribution in [3.63, 3.8) is 0 Å². The van der Waals surface area contributed by atoms with E-state index >= 15 is 0 Å². The average Bonchev–Trinajstić information content (AvgIpc) is 3.19. The lowest BCUT2D eigenvalue weighted by Gasteiger charge is -2.39. The van der Waals surface area contributed by atoms with Gasteiger partial charge in [0.2, 0.25) is 0 Å². The Morgan fingerprint density at radius 3 is 1.39 bits per heavy atom. The first kappa shape index (κ1) is 20.4. The lowest BCUT2D eigenvalue weighted by molar-refractivity contribution is -0.147. The summed E-state index contributed by atoms with van der Waals surface area (Å²) in [5, 5.41) is 46.3. The summed E-state index contributed by atoms with van der Waals surface area (Å²) >= 11 is 0. The molecule has 31 heavy (non-hydrogen) atoms. The van der Waals surface area contributed by atoms with Crippen LogP contribution < -0.4 is 5.46 Å². The molecule has 4 aromatic rings. The number of benzene rings is 4. The zero-order chi connectivity index (χ0) is 21.6. The lowest BCUT2D eigenvalue weighted by atomic mass is 9.74. The summed E-state index contributed by atoms with van der Waals surface area (Å²) in [5.41, 5.74) is -2.58. The van der Waals surface area contributed by atoms with Gasteiger partial charge < -0.3 is 29.7 Å². The Labute approximate surface area is 179 Å². The molecule has 0 bridgehead atoms. The van der Waals surface area contributed by atoms with E-state index < -0.39 is 44.7 Å². The molecule has 5 rings (SSSR count). The van der Waals surface area contributed by atoms with E-state index in [1.807, 2.05) is 48.5 Å². The molecule has 1 heterocycles. The van der Waals surface area contributed by atoms with Crippen LogP contribution in [0.25, 0.3) is 32.3 Å². The molecule has 1 aliphatic rings. The number of hydrogen-bond acceptors (Lipinski definition) is 6. The second kappa shape index (κ2) is 7.56. The van der Waals surface area contributed by atoms with E-state index in [0.717, 1.165) is 32.3 Å². The van der Waals surface area contributed by atoms with Crippen LogP contribution in [0.15, 0.2) is 66.7 Å². The minimum atomic E-state index is -1.64. The molecule has 7 heteroatoms. The molecule has 1 fully saturated rings. The van der Waals surface area contributed by atoms with Crippen LogP contribution in [0.3, 0.4) is 0 Å². The highest BCUT2D eigenvalue weighted by Crippen LogP contribution is 2.39. The van der Waals surface area contributed by atoms with E-state index in [2.05, 4.69) is 18.2 Å². The van der Waals surface area contributed by atoms with Crippen LogP contribution in [0.1, 0.15) is 0 Å². The first-order chi connectivity index (χ1) is 15.1. The largest absolute Gasteiger partial charge is 0.495 e. The molecule has 0 spiro atoms. The van der Waals surface area contributed by atoms with Crippen molar-refractivity contribution < 1.29 is 29.7 Å². The quantitative estimate of drug-likeness (QED) is 0.289. The van der Waals surface area contributed by atoms with Crippen molar-refractivity contribution in [2.24, 2.45) is 0 Å². The van der Waals surface area contributed by atoms with Crippen molar-refractivity contribution in [2.45, 2.75) is 11.2 Å². The maximum atomic E-state index is 10.0. The Kier molecular flexibility index (Phi) is 4.98. The molecule has 0 unspecified atom stereocenters. The summed E-state index contributed by atoms with van der Waals surface area (Å²) in [6.07, 6.45) is 0. The maximum absolute atomic E-state index is 10.0. The van der Waals surface area contributed by atoms with Crippen LogP contribution >= 0.6 is 0 Å². The van der Waals surface area contributed by atoms with Crippen LogP contribution in [0.2, 0.25) is 0 Å². The molecule has 1 saturated heterocycles. The monoisotopic (exact) mass is 418 g/mol. The summed E-state index contributed by atoms with van der Waals surface area (Å²) in [6, 6.07) is 22.1. The molecule has 4 aromatic carbocycles. The van der Waals surface area contributed by atoms with Gasteiger partial charge in [-0.15, -0.1) is 0 Å². The smallest absolute Gasteiger partial charge is 0.394 e. The molecule has 4 N–H and O–H groups in total. The second-order valence-electron chi connectivity index (χ2n) is 8.05. The highest BCUT2D eigenvalue weighted by molar-refractivity contribution is 6.66. The molecule has 1 aliphatic heterocycles. The predicted octanol–water partition coefficient (Wildman–Crippen LogP) is 1.33. The van der Waals surface area contributed by atoms with Crippen LogP contribution in [0, 0.1) is 0 Å². The fourth-order valence-electron chi connectivity index (χ4n) is 4.78. The minimum absolute atomic E-state index is 0.616. The topological polar surface area (TPSA) is 99.4 Å². The van der Waals surface area contributed by atoms with Crippen LogP contribution in [-0.4, -0.2) is 65.2 Å². The van der Waals surface area contributed by atoms with Gasteiger partial charge in [0, 0.05) is 0 Å². The van der Waals surface area contributed by atoms with E-state index in [4.69, 9.17) is 9.31 Å². The fraction of sp³-hybridized carbons (Fsp3) is 0.250. The molecular weight excluding hydrogens is 395 g/mol. The average molecular weight is 418 g/mol. The number of hydrogen-bond donors (Lipinski definition) is 4. The molecular formula is C24H23BO6. The summed E-state index contributed by atoms with van der Waals surface area (Å²) in [7, 11) is -0.994. The van der Waals surface area contributed by atoms with Gasteiger partial charge in [-0.05, 0) is 37.8 Å². The van der Waals surface area contributed by atoms with Gasteiger partial charge in [0.15, 0.2) is 0 Å². The summed E-state index contributed by atoms with van der Waals surface area (Å²) < 4.78 is 12.1. The van der Waals surface area contributed by atoms with Crippen LogP contribution in [0.5, 0.6) is 0 Å². The van der Waals surface area contributed by atoms with Crippen molar-refractivity contribution >= 4 is 44.9 Å². The number of fused-ring (bicyclic) bond motifs is 6. The molecule has 0 atom stereocenters. The number of aliphatic hydroxyl groups is 4. The van der Waals surface area contributed by atoms with E-state index in [9.17, 15) is 20.4 Å².